The van der Waals surface area contributed by atoms with E-state index in [1.807, 2.05) is 16.8 Å². The van der Waals surface area contributed by atoms with E-state index in [4.69, 9.17) is 20.3 Å². The van der Waals surface area contributed by atoms with E-state index < -0.39 is 0 Å². The average molecular weight is 543 g/mol. The van der Waals surface area contributed by atoms with Gasteiger partial charge in [0.1, 0.15) is 0 Å². The van der Waals surface area contributed by atoms with Gasteiger partial charge in [0.25, 0.3) is 5.91 Å². The van der Waals surface area contributed by atoms with Crippen molar-refractivity contribution in [3.63, 3.8) is 0 Å². The number of nitrogens with two attached hydrogens (primary N) is 1. The third-order valence-electron chi connectivity index (χ3n) is 5.24. The summed E-state index contributed by atoms with van der Waals surface area (Å²) in [5.41, 5.74) is 6.50. The first-order valence-corrected chi connectivity index (χ1v) is 13.0. The summed E-state index contributed by atoms with van der Waals surface area (Å²) in [4.78, 5) is 30.0. The Morgan fingerprint density at radius 1 is 0.949 bits per heavy atom. The van der Waals surface area contributed by atoms with Crippen molar-refractivity contribution in [2.75, 3.05) is 75.2 Å². The molecule has 0 aliphatic rings. The third-order valence-corrected chi connectivity index (χ3v) is 5.24. The Bertz CT molecular complexity index is 1100. The first-order valence-electron chi connectivity index (χ1n) is 13.0. The van der Waals surface area contributed by atoms with E-state index in [0.29, 0.717) is 88.1 Å². The number of aromatic nitrogens is 5. The number of carbonyl (C=O) groups excluding carboxylic acids is 1. The molecule has 0 radical (unpaired) electrons. The molecule has 0 aliphatic carbocycles. The summed E-state index contributed by atoms with van der Waals surface area (Å²) in [5, 5.41) is 21.4. The lowest BCUT2D eigenvalue weighted by molar-refractivity contribution is 0.0511. The minimum absolute atomic E-state index is 0.0622. The molecule has 1 amide bonds. The van der Waals surface area contributed by atoms with Crippen LogP contribution in [0.25, 0.3) is 0 Å². The number of ether oxygens (including phenoxy) is 2. The summed E-state index contributed by atoms with van der Waals surface area (Å²) < 4.78 is 12.7. The van der Waals surface area contributed by atoms with Gasteiger partial charge in [0, 0.05) is 63.0 Å². The normalized spacial score (nSPS) is 10.8. The van der Waals surface area contributed by atoms with Crippen LogP contribution in [-0.2, 0) is 16.0 Å². The van der Waals surface area contributed by atoms with E-state index in [-0.39, 0.29) is 12.5 Å². The van der Waals surface area contributed by atoms with E-state index in [1.165, 1.54) is 0 Å². The number of amides is 1. The highest BCUT2D eigenvalue weighted by Crippen LogP contribution is 2.17. The van der Waals surface area contributed by atoms with Gasteiger partial charge in [-0.15, -0.1) is 0 Å². The number of aliphatic hydroxyl groups excluding tert-OH is 1. The Morgan fingerprint density at radius 2 is 1.69 bits per heavy atom. The zero-order chi connectivity index (χ0) is 27.5. The molecule has 0 atom stereocenters. The summed E-state index contributed by atoms with van der Waals surface area (Å²) in [5.74, 6) is 0.882. The number of benzene rings is 1. The second-order valence-electron chi connectivity index (χ2n) is 8.37. The monoisotopic (exact) mass is 542 g/mol. The van der Waals surface area contributed by atoms with E-state index >= 15 is 0 Å². The maximum absolute atomic E-state index is 12.6. The van der Waals surface area contributed by atoms with Crippen LogP contribution in [0.1, 0.15) is 23.2 Å². The fourth-order valence-electron chi connectivity index (χ4n) is 3.36. The lowest BCUT2D eigenvalue weighted by Crippen LogP contribution is -2.27. The third kappa shape index (κ3) is 11.6. The zero-order valence-electron chi connectivity index (χ0n) is 22.0. The van der Waals surface area contributed by atoms with E-state index in [1.54, 1.807) is 30.7 Å². The fourth-order valence-corrected chi connectivity index (χ4v) is 3.36. The first-order chi connectivity index (χ1) is 19.2. The van der Waals surface area contributed by atoms with Gasteiger partial charge in [-0.2, -0.15) is 15.0 Å². The molecule has 14 heteroatoms. The number of nitrogens with one attached hydrogen (secondary N) is 4. The van der Waals surface area contributed by atoms with Crippen molar-refractivity contribution in [3.8, 4) is 0 Å². The van der Waals surface area contributed by atoms with E-state index in [0.717, 1.165) is 13.0 Å². The van der Waals surface area contributed by atoms with Gasteiger partial charge in [-0.3, -0.25) is 4.79 Å². The van der Waals surface area contributed by atoms with Crippen LogP contribution in [0.4, 0.5) is 23.5 Å². The molecule has 1 aromatic carbocycles. The molecular weight excluding hydrogens is 504 g/mol. The molecule has 212 valence electrons. The van der Waals surface area contributed by atoms with Crippen molar-refractivity contribution < 1.29 is 19.4 Å². The average Bonchev–Trinajstić information content (AvgIpc) is 3.46. The number of aliphatic hydroxyl groups is 1. The van der Waals surface area contributed by atoms with E-state index in [9.17, 15) is 4.79 Å². The van der Waals surface area contributed by atoms with Gasteiger partial charge in [0.05, 0.1) is 32.8 Å². The molecular formula is C25H38N10O4. The maximum Gasteiger partial charge on any atom is 0.251 e. The van der Waals surface area contributed by atoms with Crippen LogP contribution in [0.15, 0.2) is 43.0 Å². The van der Waals surface area contributed by atoms with Gasteiger partial charge >= 0.3 is 0 Å². The SMILES string of the molecule is NCCOCCOCCNC(=O)c1cccc(Nc2nc(NCCCO)nc(NCCCn3ccnc3)n2)c1. The molecule has 3 aromatic rings. The number of aryl methyl sites for hydroxylation is 1. The maximum atomic E-state index is 12.6. The molecule has 0 saturated heterocycles. The molecule has 3 rings (SSSR count). The van der Waals surface area contributed by atoms with E-state index in [2.05, 4.69) is 41.2 Å². The van der Waals surface area contributed by atoms with Crippen LogP contribution in [0.5, 0.6) is 0 Å². The van der Waals surface area contributed by atoms with Crippen LogP contribution in [-0.4, -0.2) is 94.7 Å². The Morgan fingerprint density at radius 3 is 2.41 bits per heavy atom. The summed E-state index contributed by atoms with van der Waals surface area (Å²) in [6, 6.07) is 7.05. The highest BCUT2D eigenvalue weighted by molar-refractivity contribution is 5.95. The Hall–Kier alpha value is -3.85. The van der Waals surface area contributed by atoms with Crippen molar-refractivity contribution in [1.29, 1.82) is 0 Å². The van der Waals surface area contributed by atoms with Crippen molar-refractivity contribution in [2.24, 2.45) is 5.73 Å². The first kappa shape index (κ1) is 29.7. The van der Waals surface area contributed by atoms with Crippen LogP contribution in [0, 0.1) is 0 Å². The van der Waals surface area contributed by atoms with Gasteiger partial charge in [0.2, 0.25) is 17.8 Å². The quantitative estimate of drug-likeness (QED) is 0.111. The molecule has 0 spiro atoms. The smallest absolute Gasteiger partial charge is 0.251 e. The Labute approximate surface area is 227 Å². The number of carbonyl (C=O) groups is 1. The van der Waals surface area contributed by atoms with Crippen LogP contribution >= 0.6 is 0 Å². The molecule has 0 fully saturated rings. The van der Waals surface area contributed by atoms with Crippen molar-refractivity contribution in [1.82, 2.24) is 29.8 Å². The zero-order valence-corrected chi connectivity index (χ0v) is 22.0. The molecule has 0 aliphatic heterocycles. The second kappa shape index (κ2) is 17.6. The highest BCUT2D eigenvalue weighted by Gasteiger charge is 2.10. The lowest BCUT2D eigenvalue weighted by atomic mass is 10.2. The highest BCUT2D eigenvalue weighted by atomic mass is 16.5. The number of hydrogen-bond donors (Lipinski definition) is 6. The number of hydrogen-bond acceptors (Lipinski definition) is 12. The standard InChI is InChI=1S/C25H38N10O4/c26-6-14-38-16-17-39-15-10-28-22(37)20-4-1-5-21(18-20)31-25-33-23(32-24(34-25)30-8-3-13-36)29-7-2-11-35-12-9-27-19-35/h1,4-5,9,12,18-19,36H,2-3,6-8,10-11,13-17,26H2,(H,28,37)(H3,29,30,31,32,33,34). The predicted molar refractivity (Wildman–Crippen MR) is 148 cm³/mol. The summed E-state index contributed by atoms with van der Waals surface area (Å²) in [6.45, 7) is 4.69. The number of rotatable bonds is 20. The molecule has 7 N–H and O–H groups in total. The van der Waals surface area contributed by atoms with Gasteiger partial charge < -0.3 is 46.1 Å². The Balaban J connectivity index is 1.54. The molecule has 14 nitrogen and oxygen atoms in total. The molecule has 2 heterocycles. The molecule has 39 heavy (non-hydrogen) atoms. The fraction of sp³-hybridized carbons (Fsp3) is 0.480. The van der Waals surface area contributed by atoms with Gasteiger partial charge in [-0.05, 0) is 31.0 Å². The minimum Gasteiger partial charge on any atom is -0.396 e. The topological polar surface area (TPSA) is 186 Å². The lowest BCUT2D eigenvalue weighted by Gasteiger charge is -2.12. The predicted octanol–water partition coefficient (Wildman–Crippen LogP) is 0.830. The number of anilines is 4. The summed E-state index contributed by atoms with van der Waals surface area (Å²) in [7, 11) is 0. The number of nitrogens with zero attached hydrogens (tertiary/aromatic N) is 5. The molecule has 0 bridgehead atoms. The van der Waals surface area contributed by atoms with Crippen molar-refractivity contribution in [3.05, 3.63) is 48.5 Å². The van der Waals surface area contributed by atoms with Gasteiger partial charge in [-0.1, -0.05) is 6.07 Å². The summed E-state index contributed by atoms with van der Waals surface area (Å²) in [6.07, 6.45) is 6.85. The van der Waals surface area contributed by atoms with Crippen LogP contribution < -0.4 is 27.0 Å². The van der Waals surface area contributed by atoms with Gasteiger partial charge in [0.15, 0.2) is 0 Å². The van der Waals surface area contributed by atoms with Crippen molar-refractivity contribution in [2.45, 2.75) is 19.4 Å². The van der Waals surface area contributed by atoms with Crippen molar-refractivity contribution >= 4 is 29.4 Å². The largest absolute Gasteiger partial charge is 0.396 e. The number of imidazole rings is 1. The molecule has 0 saturated carbocycles. The molecule has 0 unspecified atom stereocenters. The van der Waals surface area contributed by atoms with Gasteiger partial charge in [-0.25, -0.2) is 4.98 Å². The second-order valence-corrected chi connectivity index (χ2v) is 8.37. The van der Waals surface area contributed by atoms with Crippen LogP contribution in [0.2, 0.25) is 0 Å². The minimum atomic E-state index is -0.219. The summed E-state index contributed by atoms with van der Waals surface area (Å²) >= 11 is 0. The Kier molecular flexibility index (Phi) is 13.4. The molecule has 2 aromatic heterocycles. The van der Waals surface area contributed by atoms with Crippen LogP contribution in [0.3, 0.4) is 0 Å².